The highest BCUT2D eigenvalue weighted by Crippen LogP contribution is 2.39. The van der Waals surface area contributed by atoms with Gasteiger partial charge in [-0.05, 0) is 57.9 Å². The lowest BCUT2D eigenvalue weighted by molar-refractivity contribution is 0.113. The topological polar surface area (TPSA) is 12.0 Å². The average molecular weight is 183 g/mol. The molecule has 0 radical (unpaired) electrons. The van der Waals surface area contributed by atoms with Crippen LogP contribution in [0, 0.1) is 17.8 Å². The highest BCUT2D eigenvalue weighted by molar-refractivity contribution is 4.86. The smallest absolute Gasteiger partial charge is 0.00966 e. The SMILES string of the molecule is CC(C)C1CCC1CNC(C)(C)C. The molecule has 0 aromatic rings. The zero-order chi connectivity index (χ0) is 10.1. The second-order valence-corrected chi connectivity index (χ2v) is 5.88. The van der Waals surface area contributed by atoms with E-state index in [1.165, 1.54) is 19.4 Å². The van der Waals surface area contributed by atoms with Gasteiger partial charge in [0, 0.05) is 5.54 Å². The molecule has 1 saturated carbocycles. The van der Waals surface area contributed by atoms with Crippen molar-refractivity contribution in [2.24, 2.45) is 17.8 Å². The summed E-state index contributed by atoms with van der Waals surface area (Å²) >= 11 is 0. The van der Waals surface area contributed by atoms with Crippen molar-refractivity contribution >= 4 is 0 Å². The van der Waals surface area contributed by atoms with E-state index in [1.54, 1.807) is 0 Å². The molecule has 1 aliphatic carbocycles. The maximum Gasteiger partial charge on any atom is 0.00966 e. The normalized spacial score (nSPS) is 29.1. The third-order valence-corrected chi connectivity index (χ3v) is 3.23. The van der Waals surface area contributed by atoms with Crippen molar-refractivity contribution < 1.29 is 0 Å². The van der Waals surface area contributed by atoms with Crippen molar-refractivity contribution in [3.8, 4) is 0 Å². The fourth-order valence-corrected chi connectivity index (χ4v) is 2.16. The molecule has 1 N–H and O–H groups in total. The lowest BCUT2D eigenvalue weighted by atomic mass is 9.68. The summed E-state index contributed by atoms with van der Waals surface area (Å²) in [5.41, 5.74) is 0.289. The van der Waals surface area contributed by atoms with Gasteiger partial charge in [-0.15, -0.1) is 0 Å². The van der Waals surface area contributed by atoms with Crippen LogP contribution in [0.3, 0.4) is 0 Å². The quantitative estimate of drug-likeness (QED) is 0.709. The molecule has 13 heavy (non-hydrogen) atoms. The summed E-state index contributed by atoms with van der Waals surface area (Å²) in [6, 6.07) is 0. The minimum atomic E-state index is 0.289. The summed E-state index contributed by atoms with van der Waals surface area (Å²) in [6.45, 7) is 12.7. The third-order valence-electron chi connectivity index (χ3n) is 3.23. The monoisotopic (exact) mass is 183 g/mol. The molecular formula is C12H25N. The largest absolute Gasteiger partial charge is 0.312 e. The van der Waals surface area contributed by atoms with Crippen LogP contribution in [0.25, 0.3) is 0 Å². The van der Waals surface area contributed by atoms with Crippen LogP contribution in [0.4, 0.5) is 0 Å². The van der Waals surface area contributed by atoms with Crippen LogP contribution in [0.2, 0.25) is 0 Å². The summed E-state index contributed by atoms with van der Waals surface area (Å²) in [7, 11) is 0. The molecule has 0 amide bonds. The molecule has 78 valence electrons. The highest BCUT2D eigenvalue weighted by Gasteiger charge is 2.33. The van der Waals surface area contributed by atoms with Gasteiger partial charge in [-0.1, -0.05) is 13.8 Å². The fraction of sp³-hybridized carbons (Fsp3) is 1.00. The molecule has 0 aromatic carbocycles. The van der Waals surface area contributed by atoms with Crippen LogP contribution in [0.5, 0.6) is 0 Å². The molecule has 1 heteroatoms. The molecule has 0 bridgehead atoms. The van der Waals surface area contributed by atoms with Gasteiger partial charge in [0.2, 0.25) is 0 Å². The predicted octanol–water partition coefficient (Wildman–Crippen LogP) is 3.06. The van der Waals surface area contributed by atoms with Crippen molar-refractivity contribution in [1.29, 1.82) is 0 Å². The van der Waals surface area contributed by atoms with E-state index in [-0.39, 0.29) is 5.54 Å². The Bertz CT molecular complexity index is 155. The average Bonchev–Trinajstić information content (AvgIpc) is 1.79. The molecule has 2 unspecified atom stereocenters. The van der Waals surface area contributed by atoms with Crippen LogP contribution >= 0.6 is 0 Å². The predicted molar refractivity (Wildman–Crippen MR) is 58.8 cm³/mol. The van der Waals surface area contributed by atoms with Gasteiger partial charge >= 0.3 is 0 Å². The third kappa shape index (κ3) is 3.30. The summed E-state index contributed by atoms with van der Waals surface area (Å²) in [4.78, 5) is 0. The zero-order valence-corrected chi connectivity index (χ0v) is 9.85. The molecule has 1 nitrogen and oxygen atoms in total. The van der Waals surface area contributed by atoms with Crippen molar-refractivity contribution in [1.82, 2.24) is 5.32 Å². The number of hydrogen-bond acceptors (Lipinski definition) is 1. The molecule has 0 spiro atoms. The standard InChI is InChI=1S/C12H25N/c1-9(2)11-7-6-10(11)8-13-12(3,4)5/h9-11,13H,6-8H2,1-5H3. The first-order valence-electron chi connectivity index (χ1n) is 5.65. The minimum Gasteiger partial charge on any atom is -0.312 e. The van der Waals surface area contributed by atoms with E-state index in [9.17, 15) is 0 Å². The summed E-state index contributed by atoms with van der Waals surface area (Å²) in [6.07, 6.45) is 2.89. The van der Waals surface area contributed by atoms with Crippen LogP contribution in [0.15, 0.2) is 0 Å². The number of nitrogens with one attached hydrogen (secondary N) is 1. The van der Waals surface area contributed by atoms with Crippen LogP contribution in [0.1, 0.15) is 47.5 Å². The lowest BCUT2D eigenvalue weighted by Crippen LogP contribution is -2.44. The first-order chi connectivity index (χ1) is 5.90. The maximum atomic E-state index is 3.61. The Hall–Kier alpha value is -0.0400. The fourth-order valence-electron chi connectivity index (χ4n) is 2.16. The Morgan fingerprint density at radius 1 is 1.23 bits per heavy atom. The Balaban J connectivity index is 2.23. The van der Waals surface area contributed by atoms with Crippen molar-refractivity contribution in [3.63, 3.8) is 0 Å². The molecule has 0 aliphatic heterocycles. The molecule has 0 heterocycles. The first-order valence-corrected chi connectivity index (χ1v) is 5.65. The van der Waals surface area contributed by atoms with Crippen LogP contribution < -0.4 is 5.32 Å². The summed E-state index contributed by atoms with van der Waals surface area (Å²) in [5.74, 6) is 2.80. The molecule has 2 atom stereocenters. The van der Waals surface area contributed by atoms with E-state index in [1.807, 2.05) is 0 Å². The van der Waals surface area contributed by atoms with E-state index < -0.39 is 0 Å². The van der Waals surface area contributed by atoms with Crippen molar-refractivity contribution in [3.05, 3.63) is 0 Å². The Morgan fingerprint density at radius 2 is 1.85 bits per heavy atom. The Kier molecular flexibility index (Phi) is 3.39. The first kappa shape index (κ1) is 11.0. The number of rotatable bonds is 3. The van der Waals surface area contributed by atoms with Crippen LogP contribution in [-0.4, -0.2) is 12.1 Å². The Labute approximate surface area is 83.3 Å². The van der Waals surface area contributed by atoms with Crippen LogP contribution in [-0.2, 0) is 0 Å². The van der Waals surface area contributed by atoms with E-state index in [4.69, 9.17) is 0 Å². The molecule has 0 saturated heterocycles. The number of hydrogen-bond donors (Lipinski definition) is 1. The second kappa shape index (κ2) is 4.00. The summed E-state index contributed by atoms with van der Waals surface area (Å²) in [5, 5.41) is 3.61. The molecule has 1 rings (SSSR count). The van der Waals surface area contributed by atoms with Gasteiger partial charge in [0.05, 0.1) is 0 Å². The van der Waals surface area contributed by atoms with Gasteiger partial charge in [0.15, 0.2) is 0 Å². The molecule has 0 aromatic heterocycles. The van der Waals surface area contributed by atoms with Gasteiger partial charge in [0.25, 0.3) is 0 Å². The molecule has 1 aliphatic rings. The lowest BCUT2D eigenvalue weighted by Gasteiger charge is -2.41. The van der Waals surface area contributed by atoms with E-state index in [2.05, 4.69) is 39.9 Å². The molecule has 1 fully saturated rings. The van der Waals surface area contributed by atoms with Crippen molar-refractivity contribution in [2.75, 3.05) is 6.54 Å². The van der Waals surface area contributed by atoms with Gasteiger partial charge in [-0.2, -0.15) is 0 Å². The van der Waals surface area contributed by atoms with E-state index in [0.29, 0.717) is 0 Å². The van der Waals surface area contributed by atoms with Gasteiger partial charge in [0.1, 0.15) is 0 Å². The van der Waals surface area contributed by atoms with Gasteiger partial charge in [-0.3, -0.25) is 0 Å². The van der Waals surface area contributed by atoms with E-state index >= 15 is 0 Å². The summed E-state index contributed by atoms with van der Waals surface area (Å²) < 4.78 is 0. The maximum absolute atomic E-state index is 3.61. The van der Waals surface area contributed by atoms with Gasteiger partial charge < -0.3 is 5.32 Å². The highest BCUT2D eigenvalue weighted by atomic mass is 14.9. The molecular weight excluding hydrogens is 158 g/mol. The minimum absolute atomic E-state index is 0.289. The zero-order valence-electron chi connectivity index (χ0n) is 9.85. The Morgan fingerprint density at radius 3 is 2.15 bits per heavy atom. The van der Waals surface area contributed by atoms with E-state index in [0.717, 1.165) is 17.8 Å². The van der Waals surface area contributed by atoms with Crippen molar-refractivity contribution in [2.45, 2.75) is 53.0 Å². The van der Waals surface area contributed by atoms with Gasteiger partial charge in [-0.25, -0.2) is 0 Å². The second-order valence-electron chi connectivity index (χ2n) is 5.88.